The van der Waals surface area contributed by atoms with E-state index in [1.165, 1.54) is 30.6 Å². The lowest BCUT2D eigenvalue weighted by Crippen LogP contribution is -2.45. The summed E-state index contributed by atoms with van der Waals surface area (Å²) >= 11 is 1.30. The Hall–Kier alpha value is -1.28. The van der Waals surface area contributed by atoms with Crippen molar-refractivity contribution in [2.24, 2.45) is 11.7 Å². The standard InChI is InChI=1S/C16H21N5OS.2ClH/c17-9-12(11-5-2-1-3-6-11)21-15(22)13-10-20-16(23-13)14-18-7-4-8-19-14;;/h4,7-8,10-12H,1-3,5-6,9,17H2,(H,21,22);2*1H. The highest BCUT2D eigenvalue weighted by Crippen LogP contribution is 2.27. The minimum atomic E-state index is -0.106. The summed E-state index contributed by atoms with van der Waals surface area (Å²) in [4.78, 5) is 25.6. The molecule has 25 heavy (non-hydrogen) atoms. The van der Waals surface area contributed by atoms with Crippen LogP contribution in [0.1, 0.15) is 41.8 Å². The predicted molar refractivity (Wildman–Crippen MR) is 105 cm³/mol. The van der Waals surface area contributed by atoms with Crippen molar-refractivity contribution in [3.05, 3.63) is 29.5 Å². The van der Waals surface area contributed by atoms with Gasteiger partial charge in [0.25, 0.3) is 5.91 Å². The molecule has 9 heteroatoms. The quantitative estimate of drug-likeness (QED) is 0.799. The molecule has 0 radical (unpaired) electrons. The highest BCUT2D eigenvalue weighted by molar-refractivity contribution is 7.16. The molecular formula is C16H23Cl2N5OS. The first-order valence-corrected chi connectivity index (χ1v) is 8.83. The molecule has 2 aromatic rings. The summed E-state index contributed by atoms with van der Waals surface area (Å²) in [5.74, 6) is 0.924. The van der Waals surface area contributed by atoms with Gasteiger partial charge in [-0.1, -0.05) is 19.3 Å². The van der Waals surface area contributed by atoms with Crippen LogP contribution in [0.5, 0.6) is 0 Å². The van der Waals surface area contributed by atoms with Crippen molar-refractivity contribution in [2.75, 3.05) is 6.54 Å². The maximum Gasteiger partial charge on any atom is 0.263 e. The SMILES string of the molecule is Cl.Cl.NCC(NC(=O)c1cnc(-c2ncccn2)s1)C1CCCCC1. The molecule has 1 aliphatic rings. The second kappa shape index (κ2) is 10.7. The van der Waals surface area contributed by atoms with Crippen molar-refractivity contribution in [2.45, 2.75) is 38.1 Å². The van der Waals surface area contributed by atoms with E-state index in [0.29, 0.717) is 28.2 Å². The van der Waals surface area contributed by atoms with Crippen LogP contribution in [0.15, 0.2) is 24.7 Å². The number of nitrogens with one attached hydrogen (secondary N) is 1. The van der Waals surface area contributed by atoms with Crippen molar-refractivity contribution in [1.29, 1.82) is 0 Å². The van der Waals surface area contributed by atoms with E-state index in [1.54, 1.807) is 24.7 Å². The van der Waals surface area contributed by atoms with Gasteiger partial charge in [-0.05, 0) is 24.8 Å². The summed E-state index contributed by atoms with van der Waals surface area (Å²) in [5, 5.41) is 3.73. The fourth-order valence-electron chi connectivity index (χ4n) is 3.04. The first-order valence-electron chi connectivity index (χ1n) is 8.02. The number of nitrogens with two attached hydrogens (primary N) is 1. The zero-order valence-electron chi connectivity index (χ0n) is 13.8. The first kappa shape index (κ1) is 21.8. The molecule has 2 heterocycles. The van der Waals surface area contributed by atoms with Crippen molar-refractivity contribution in [3.63, 3.8) is 0 Å². The minimum absolute atomic E-state index is 0. The molecule has 6 nitrogen and oxygen atoms in total. The molecule has 138 valence electrons. The van der Waals surface area contributed by atoms with Gasteiger partial charge in [0.05, 0.1) is 6.20 Å². The molecule has 1 aliphatic carbocycles. The van der Waals surface area contributed by atoms with Crippen LogP contribution in [0.4, 0.5) is 0 Å². The molecule has 0 aromatic carbocycles. The van der Waals surface area contributed by atoms with E-state index in [1.807, 2.05) is 0 Å². The van der Waals surface area contributed by atoms with Gasteiger partial charge in [0.15, 0.2) is 10.8 Å². The second-order valence-corrected chi connectivity index (χ2v) is 6.85. The molecule has 3 rings (SSSR count). The molecule has 0 aliphatic heterocycles. The Labute approximate surface area is 163 Å². The van der Waals surface area contributed by atoms with Gasteiger partial charge in [-0.3, -0.25) is 4.79 Å². The van der Waals surface area contributed by atoms with Gasteiger partial charge in [0.2, 0.25) is 0 Å². The molecule has 1 atom stereocenters. The highest BCUT2D eigenvalue weighted by Gasteiger charge is 2.25. The molecule has 1 amide bonds. The van der Waals surface area contributed by atoms with Gasteiger partial charge in [-0.2, -0.15) is 0 Å². The van der Waals surface area contributed by atoms with Gasteiger partial charge < -0.3 is 11.1 Å². The number of halogens is 2. The second-order valence-electron chi connectivity index (χ2n) is 5.82. The molecule has 0 bridgehead atoms. The van der Waals surface area contributed by atoms with E-state index in [-0.39, 0.29) is 36.8 Å². The fourth-order valence-corrected chi connectivity index (χ4v) is 3.80. The molecule has 3 N–H and O–H groups in total. The largest absolute Gasteiger partial charge is 0.347 e. The Bertz CT molecular complexity index is 649. The molecule has 2 aromatic heterocycles. The van der Waals surface area contributed by atoms with Crippen molar-refractivity contribution in [3.8, 4) is 10.8 Å². The van der Waals surface area contributed by atoms with E-state index >= 15 is 0 Å². The lowest BCUT2D eigenvalue weighted by molar-refractivity contribution is 0.0919. The van der Waals surface area contributed by atoms with Gasteiger partial charge in [-0.15, -0.1) is 36.2 Å². The van der Waals surface area contributed by atoms with Crippen molar-refractivity contribution in [1.82, 2.24) is 20.3 Å². The average molecular weight is 404 g/mol. The van der Waals surface area contributed by atoms with E-state index in [4.69, 9.17) is 5.73 Å². The monoisotopic (exact) mass is 403 g/mol. The third kappa shape index (κ3) is 5.60. The molecule has 1 saturated carbocycles. The molecular weight excluding hydrogens is 381 g/mol. The smallest absolute Gasteiger partial charge is 0.263 e. The van der Waals surface area contributed by atoms with Gasteiger partial charge >= 0.3 is 0 Å². The van der Waals surface area contributed by atoms with Crippen LogP contribution in [0.25, 0.3) is 10.8 Å². The summed E-state index contributed by atoms with van der Waals surface area (Å²) in [6.45, 7) is 0.476. The van der Waals surface area contributed by atoms with Crippen LogP contribution in [0.3, 0.4) is 0 Å². The molecule has 1 fully saturated rings. The molecule has 0 spiro atoms. The summed E-state index contributed by atoms with van der Waals surface area (Å²) in [6.07, 6.45) is 11.0. The van der Waals surface area contributed by atoms with Crippen LogP contribution in [0, 0.1) is 5.92 Å². The number of amides is 1. The van der Waals surface area contributed by atoms with Gasteiger partial charge in [0.1, 0.15) is 4.88 Å². The molecule has 0 saturated heterocycles. The van der Waals surface area contributed by atoms with Crippen LogP contribution in [-0.4, -0.2) is 33.4 Å². The zero-order valence-corrected chi connectivity index (χ0v) is 16.2. The van der Waals surface area contributed by atoms with Gasteiger partial charge in [0, 0.05) is 25.0 Å². The Kier molecular flexibility index (Phi) is 9.27. The summed E-state index contributed by atoms with van der Waals surface area (Å²) in [7, 11) is 0. The number of nitrogens with zero attached hydrogens (tertiary/aromatic N) is 3. The number of aromatic nitrogens is 3. The third-order valence-corrected chi connectivity index (χ3v) is 5.27. The normalized spacial score (nSPS) is 15.6. The van der Waals surface area contributed by atoms with Gasteiger partial charge in [-0.25, -0.2) is 15.0 Å². The molecule has 1 unspecified atom stereocenters. The van der Waals surface area contributed by atoms with Crippen molar-refractivity contribution >= 4 is 42.1 Å². The summed E-state index contributed by atoms with van der Waals surface area (Å²) in [5.41, 5.74) is 5.88. The topological polar surface area (TPSA) is 93.8 Å². The number of carbonyl (C=O) groups is 1. The highest BCUT2D eigenvalue weighted by atomic mass is 35.5. The number of rotatable bonds is 5. The average Bonchev–Trinajstić information content (AvgIpc) is 3.11. The van der Waals surface area contributed by atoms with E-state index < -0.39 is 0 Å². The number of carbonyl (C=O) groups excluding carboxylic acids is 1. The Morgan fingerprint density at radius 2 is 1.88 bits per heavy atom. The first-order chi connectivity index (χ1) is 11.3. The van der Waals surface area contributed by atoms with E-state index in [0.717, 1.165) is 12.8 Å². The lowest BCUT2D eigenvalue weighted by atomic mass is 9.84. The zero-order chi connectivity index (χ0) is 16.1. The summed E-state index contributed by atoms with van der Waals surface area (Å²) in [6, 6.07) is 1.79. The van der Waals surface area contributed by atoms with Crippen LogP contribution in [0.2, 0.25) is 0 Å². The minimum Gasteiger partial charge on any atom is -0.347 e. The Morgan fingerprint density at radius 1 is 1.20 bits per heavy atom. The van der Waals surface area contributed by atoms with Crippen LogP contribution >= 0.6 is 36.2 Å². The maximum atomic E-state index is 12.5. The Morgan fingerprint density at radius 3 is 2.52 bits per heavy atom. The van der Waals surface area contributed by atoms with Crippen molar-refractivity contribution < 1.29 is 4.79 Å². The lowest BCUT2D eigenvalue weighted by Gasteiger charge is -2.29. The van der Waals surface area contributed by atoms with E-state index in [2.05, 4.69) is 20.3 Å². The van der Waals surface area contributed by atoms with E-state index in [9.17, 15) is 4.79 Å². The third-order valence-electron chi connectivity index (χ3n) is 4.28. The Balaban J connectivity index is 0.00000156. The number of thiazole rings is 1. The summed E-state index contributed by atoms with van der Waals surface area (Å²) < 4.78 is 0. The number of hydrogen-bond donors (Lipinski definition) is 2. The van der Waals surface area contributed by atoms with Crippen LogP contribution in [-0.2, 0) is 0 Å². The van der Waals surface area contributed by atoms with Crippen LogP contribution < -0.4 is 11.1 Å². The predicted octanol–water partition coefficient (Wildman–Crippen LogP) is 3.08. The number of hydrogen-bond acceptors (Lipinski definition) is 6. The fraction of sp³-hybridized carbons (Fsp3) is 0.500. The maximum absolute atomic E-state index is 12.5.